The number of nitrogens with one attached hydrogen (secondary N) is 2. The van der Waals surface area contributed by atoms with Crippen molar-refractivity contribution in [3.8, 4) is 0 Å². The van der Waals surface area contributed by atoms with E-state index in [1.165, 1.54) is 6.42 Å². The van der Waals surface area contributed by atoms with Gasteiger partial charge in [0.25, 0.3) is 0 Å². The SMILES string of the molecule is CCCCC(COC)NC(=O)C1CCCCN1. The Morgan fingerprint density at radius 1 is 1.53 bits per heavy atom. The summed E-state index contributed by atoms with van der Waals surface area (Å²) in [6.45, 7) is 3.73. The quantitative estimate of drug-likeness (QED) is 0.710. The zero-order chi connectivity index (χ0) is 12.5. The third kappa shape index (κ3) is 5.50. The van der Waals surface area contributed by atoms with E-state index in [4.69, 9.17) is 4.74 Å². The third-order valence-corrected chi connectivity index (χ3v) is 3.25. The van der Waals surface area contributed by atoms with Gasteiger partial charge in [-0.15, -0.1) is 0 Å². The molecule has 0 radical (unpaired) electrons. The van der Waals surface area contributed by atoms with Crippen LogP contribution in [0.2, 0.25) is 0 Å². The molecule has 1 amide bonds. The van der Waals surface area contributed by atoms with Crippen LogP contribution < -0.4 is 10.6 Å². The molecule has 2 N–H and O–H groups in total. The monoisotopic (exact) mass is 242 g/mol. The molecule has 1 aliphatic heterocycles. The van der Waals surface area contributed by atoms with E-state index < -0.39 is 0 Å². The van der Waals surface area contributed by atoms with Crippen LogP contribution in [-0.4, -0.2) is 38.3 Å². The number of hydrogen-bond donors (Lipinski definition) is 2. The Labute approximate surface area is 104 Å². The zero-order valence-corrected chi connectivity index (χ0v) is 11.1. The maximum atomic E-state index is 12.0. The van der Waals surface area contributed by atoms with Crippen molar-refractivity contribution in [3.63, 3.8) is 0 Å². The van der Waals surface area contributed by atoms with Crippen LogP contribution in [0.3, 0.4) is 0 Å². The molecule has 4 heteroatoms. The maximum Gasteiger partial charge on any atom is 0.237 e. The number of methoxy groups -OCH3 is 1. The van der Waals surface area contributed by atoms with Crippen LogP contribution in [0.4, 0.5) is 0 Å². The molecule has 2 unspecified atom stereocenters. The number of rotatable bonds is 7. The fraction of sp³-hybridized carbons (Fsp3) is 0.923. The molecule has 0 saturated carbocycles. The topological polar surface area (TPSA) is 50.4 Å². The molecule has 1 rings (SSSR count). The van der Waals surface area contributed by atoms with Gasteiger partial charge in [-0.2, -0.15) is 0 Å². The lowest BCUT2D eigenvalue weighted by atomic mass is 10.0. The molecule has 0 spiro atoms. The highest BCUT2D eigenvalue weighted by molar-refractivity contribution is 5.82. The van der Waals surface area contributed by atoms with E-state index in [0.29, 0.717) is 6.61 Å². The Morgan fingerprint density at radius 3 is 2.94 bits per heavy atom. The molecule has 1 aliphatic rings. The number of piperidine rings is 1. The average molecular weight is 242 g/mol. The van der Waals surface area contributed by atoms with Gasteiger partial charge >= 0.3 is 0 Å². The summed E-state index contributed by atoms with van der Waals surface area (Å²) in [5.41, 5.74) is 0. The highest BCUT2D eigenvalue weighted by Crippen LogP contribution is 2.08. The van der Waals surface area contributed by atoms with Gasteiger partial charge in [0.2, 0.25) is 5.91 Å². The second-order valence-corrected chi connectivity index (χ2v) is 4.81. The number of amides is 1. The van der Waals surface area contributed by atoms with Crippen molar-refractivity contribution < 1.29 is 9.53 Å². The van der Waals surface area contributed by atoms with Gasteiger partial charge in [0.1, 0.15) is 0 Å². The predicted molar refractivity (Wildman–Crippen MR) is 69.0 cm³/mol. The minimum atomic E-state index is 0.00438. The highest BCUT2D eigenvalue weighted by atomic mass is 16.5. The summed E-state index contributed by atoms with van der Waals surface area (Å²) in [6, 6.07) is 0.168. The Balaban J connectivity index is 2.33. The lowest BCUT2D eigenvalue weighted by Crippen LogP contribution is -2.50. The molecule has 0 aromatic rings. The Hall–Kier alpha value is -0.610. The van der Waals surface area contributed by atoms with Crippen LogP contribution in [0.15, 0.2) is 0 Å². The first kappa shape index (κ1) is 14.5. The zero-order valence-electron chi connectivity index (χ0n) is 11.1. The van der Waals surface area contributed by atoms with Gasteiger partial charge < -0.3 is 15.4 Å². The molecular weight excluding hydrogens is 216 g/mol. The molecule has 0 bridgehead atoms. The van der Waals surface area contributed by atoms with Crippen LogP contribution >= 0.6 is 0 Å². The van der Waals surface area contributed by atoms with Crippen LogP contribution in [0.5, 0.6) is 0 Å². The molecular formula is C13H26N2O2. The Bertz CT molecular complexity index is 215. The summed E-state index contributed by atoms with van der Waals surface area (Å²) >= 11 is 0. The largest absolute Gasteiger partial charge is 0.383 e. The van der Waals surface area contributed by atoms with Crippen molar-refractivity contribution >= 4 is 5.91 Å². The summed E-state index contributed by atoms with van der Waals surface area (Å²) in [4.78, 5) is 12.0. The first-order chi connectivity index (χ1) is 8.27. The molecule has 0 aliphatic carbocycles. The van der Waals surface area contributed by atoms with Crippen molar-refractivity contribution in [3.05, 3.63) is 0 Å². The first-order valence-electron chi connectivity index (χ1n) is 6.80. The molecule has 4 nitrogen and oxygen atoms in total. The van der Waals surface area contributed by atoms with Crippen LogP contribution in [0, 0.1) is 0 Å². The van der Waals surface area contributed by atoms with Crippen LogP contribution in [-0.2, 0) is 9.53 Å². The second-order valence-electron chi connectivity index (χ2n) is 4.81. The molecule has 0 aromatic heterocycles. The van der Waals surface area contributed by atoms with Crippen molar-refractivity contribution in [2.24, 2.45) is 0 Å². The summed E-state index contributed by atoms with van der Waals surface area (Å²) in [7, 11) is 1.68. The number of ether oxygens (including phenoxy) is 1. The van der Waals surface area contributed by atoms with Crippen LogP contribution in [0.1, 0.15) is 45.4 Å². The van der Waals surface area contributed by atoms with E-state index in [-0.39, 0.29) is 18.0 Å². The molecule has 1 fully saturated rings. The van der Waals surface area contributed by atoms with Crippen molar-refractivity contribution in [1.29, 1.82) is 0 Å². The number of hydrogen-bond acceptors (Lipinski definition) is 3. The van der Waals surface area contributed by atoms with Gasteiger partial charge in [-0.1, -0.05) is 26.2 Å². The van der Waals surface area contributed by atoms with E-state index in [0.717, 1.165) is 38.6 Å². The Morgan fingerprint density at radius 2 is 2.35 bits per heavy atom. The Kier molecular flexibility index (Phi) is 7.21. The highest BCUT2D eigenvalue weighted by Gasteiger charge is 2.22. The predicted octanol–water partition coefficient (Wildman–Crippen LogP) is 1.45. The summed E-state index contributed by atoms with van der Waals surface area (Å²) in [6.07, 6.45) is 6.57. The van der Waals surface area contributed by atoms with Gasteiger partial charge in [0.05, 0.1) is 18.7 Å². The van der Waals surface area contributed by atoms with Crippen molar-refractivity contribution in [2.45, 2.75) is 57.5 Å². The normalized spacial score (nSPS) is 22.1. The third-order valence-electron chi connectivity index (χ3n) is 3.25. The number of carbonyl (C=O) groups is 1. The summed E-state index contributed by atoms with van der Waals surface area (Å²) in [5.74, 6) is 0.142. The minimum Gasteiger partial charge on any atom is -0.383 e. The standard InChI is InChI=1S/C13H26N2O2/c1-3-4-7-11(10-17-2)15-13(16)12-8-5-6-9-14-12/h11-12,14H,3-10H2,1-2H3,(H,15,16). The fourth-order valence-electron chi connectivity index (χ4n) is 2.23. The van der Waals surface area contributed by atoms with E-state index in [1.807, 2.05) is 0 Å². The lowest BCUT2D eigenvalue weighted by molar-refractivity contribution is -0.124. The molecule has 0 aromatic carbocycles. The van der Waals surface area contributed by atoms with Gasteiger partial charge in [-0.3, -0.25) is 4.79 Å². The van der Waals surface area contributed by atoms with Gasteiger partial charge in [-0.05, 0) is 25.8 Å². The first-order valence-corrected chi connectivity index (χ1v) is 6.80. The van der Waals surface area contributed by atoms with E-state index in [2.05, 4.69) is 17.6 Å². The molecule has 1 saturated heterocycles. The summed E-state index contributed by atoms with van der Waals surface area (Å²) in [5, 5.41) is 6.37. The van der Waals surface area contributed by atoms with E-state index in [1.54, 1.807) is 7.11 Å². The van der Waals surface area contributed by atoms with Crippen molar-refractivity contribution in [2.75, 3.05) is 20.3 Å². The second kappa shape index (κ2) is 8.48. The number of unbranched alkanes of at least 4 members (excludes halogenated alkanes) is 1. The fourth-order valence-corrected chi connectivity index (χ4v) is 2.23. The van der Waals surface area contributed by atoms with Gasteiger partial charge in [-0.25, -0.2) is 0 Å². The average Bonchev–Trinajstić information content (AvgIpc) is 2.37. The van der Waals surface area contributed by atoms with Gasteiger partial charge in [0.15, 0.2) is 0 Å². The van der Waals surface area contributed by atoms with Crippen molar-refractivity contribution in [1.82, 2.24) is 10.6 Å². The maximum absolute atomic E-state index is 12.0. The molecule has 1 heterocycles. The lowest BCUT2D eigenvalue weighted by Gasteiger charge is -2.25. The molecule has 17 heavy (non-hydrogen) atoms. The minimum absolute atomic E-state index is 0.00438. The number of carbonyl (C=O) groups excluding carboxylic acids is 1. The smallest absolute Gasteiger partial charge is 0.237 e. The van der Waals surface area contributed by atoms with Crippen LogP contribution in [0.25, 0.3) is 0 Å². The molecule has 100 valence electrons. The van der Waals surface area contributed by atoms with E-state index >= 15 is 0 Å². The van der Waals surface area contributed by atoms with Gasteiger partial charge in [0, 0.05) is 7.11 Å². The van der Waals surface area contributed by atoms with E-state index in [9.17, 15) is 4.79 Å². The summed E-state index contributed by atoms with van der Waals surface area (Å²) < 4.78 is 5.15. The molecule has 2 atom stereocenters.